The fraction of sp³-hybridized carbons (Fsp3) is 0.517. The molecule has 48 heavy (non-hydrogen) atoms. The molecule has 2 saturated heterocycles. The molecule has 0 bridgehead atoms. The minimum absolute atomic E-state index is 0. The van der Waals surface area contributed by atoms with Gasteiger partial charge in [0.15, 0.2) is 19.7 Å². The van der Waals surface area contributed by atoms with E-state index in [-0.39, 0.29) is 122 Å². The molecule has 2 aromatic carbocycles. The van der Waals surface area contributed by atoms with Gasteiger partial charge in [-0.25, -0.2) is 16.8 Å². The number of alkyl halides is 1. The summed E-state index contributed by atoms with van der Waals surface area (Å²) < 4.78 is 49.2. The standard InChI is InChI=1S/C13H19BrN2O2S.C8H8Br2O2S.C5H12N2.C2H3N.CH2O3.2K.H/c1-15-6-8-16(9-7-15)10-11-19(17,18)13-4-2-12(14)3-5-13;9-5-6-13(11,12)8-3-1-7(10)2-4-8;1-7-4-2-6-3-5-7;1-2-3;2-1-4-3;;;/h2-5H,6-11H2,1H3;1-4H,5-6H2;6H,2-5H2,1H3;1H3;1,3H;;;/q;;;;;2*+1;-1/p-1. The number of carbonyl (C=O) groups is 1. The zero-order chi connectivity index (χ0) is 35.0. The van der Waals surface area contributed by atoms with Gasteiger partial charge in [-0.15, -0.1) is 0 Å². The Kier molecular flexibility index (Phi) is 36.4. The maximum Gasteiger partial charge on any atom is 1.00 e. The maximum absolute atomic E-state index is 12.2. The summed E-state index contributed by atoms with van der Waals surface area (Å²) in [5, 5.41) is 19.5. The summed E-state index contributed by atoms with van der Waals surface area (Å²) in [5.74, 6) is 0.326. The molecular weight excluding hydrogens is 912 g/mol. The summed E-state index contributed by atoms with van der Waals surface area (Å²) >= 11 is 9.67. The second kappa shape index (κ2) is 32.3. The van der Waals surface area contributed by atoms with Crippen LogP contribution in [0.2, 0.25) is 0 Å². The van der Waals surface area contributed by atoms with E-state index in [0.29, 0.717) is 21.7 Å². The smallest absolute Gasteiger partial charge is 1.00 e. The van der Waals surface area contributed by atoms with Crippen molar-refractivity contribution in [3.8, 4) is 6.07 Å². The molecule has 2 aromatic rings. The SMILES string of the molecule is CC#N.CN1CCN(CCS(=O)(=O)c2ccc(Br)cc2)CC1.CN1CCNCC1.O=CO[O-].O=S(=O)(CCBr)c1ccc(Br)cc1.[H-].[K+].[K+]. The van der Waals surface area contributed by atoms with Crippen LogP contribution in [0, 0.1) is 11.3 Å². The van der Waals surface area contributed by atoms with E-state index in [1.54, 1.807) is 54.6 Å². The number of hydrogen-bond donors (Lipinski definition) is 1. The van der Waals surface area contributed by atoms with Crippen molar-refractivity contribution in [3.63, 3.8) is 0 Å². The zero-order valence-corrected chi connectivity index (χ0v) is 40.9. The van der Waals surface area contributed by atoms with Crippen molar-refractivity contribution in [1.29, 1.82) is 5.26 Å². The predicted octanol–water partition coefficient (Wildman–Crippen LogP) is -3.31. The molecule has 0 spiro atoms. The number of carbonyl (C=O) groups excluding carboxylic acids is 1. The first kappa shape index (κ1) is 54.2. The van der Waals surface area contributed by atoms with E-state index in [0.717, 1.165) is 48.2 Å². The summed E-state index contributed by atoms with van der Waals surface area (Å²) in [6.07, 6.45) is 0. The van der Waals surface area contributed by atoms with Crippen LogP contribution in [0.15, 0.2) is 67.3 Å². The van der Waals surface area contributed by atoms with E-state index in [1.165, 1.54) is 20.0 Å². The second-order valence-electron chi connectivity index (χ2n) is 9.85. The van der Waals surface area contributed by atoms with Gasteiger partial charge in [-0.05, 0) is 62.6 Å². The Balaban J connectivity index is -0.000000294. The molecule has 0 saturated carbocycles. The average Bonchev–Trinajstić information content (AvgIpc) is 3.03. The molecule has 0 unspecified atom stereocenters. The van der Waals surface area contributed by atoms with Crippen LogP contribution < -0.4 is 113 Å². The molecule has 2 aliphatic heterocycles. The third-order valence-corrected chi connectivity index (χ3v) is 11.8. The van der Waals surface area contributed by atoms with Gasteiger partial charge in [0.2, 0.25) is 0 Å². The van der Waals surface area contributed by atoms with E-state index < -0.39 is 19.7 Å². The van der Waals surface area contributed by atoms with E-state index in [1.807, 2.05) is 0 Å². The van der Waals surface area contributed by atoms with Gasteiger partial charge >= 0.3 is 103 Å². The first-order chi connectivity index (χ1) is 21.8. The Morgan fingerprint density at radius 1 is 0.833 bits per heavy atom. The summed E-state index contributed by atoms with van der Waals surface area (Å²) in [4.78, 5) is 18.8. The van der Waals surface area contributed by atoms with Crippen LogP contribution in [0.5, 0.6) is 0 Å². The average molecular weight is 957 g/mol. The molecule has 0 amide bonds. The van der Waals surface area contributed by atoms with Crippen molar-refractivity contribution in [2.45, 2.75) is 16.7 Å². The fourth-order valence-electron chi connectivity index (χ4n) is 3.72. The Bertz CT molecular complexity index is 1370. The van der Waals surface area contributed by atoms with E-state index in [2.05, 4.69) is 86.8 Å². The van der Waals surface area contributed by atoms with Gasteiger partial charge in [0, 0.05) is 80.1 Å². The molecule has 262 valence electrons. The van der Waals surface area contributed by atoms with E-state index in [9.17, 15) is 16.8 Å². The van der Waals surface area contributed by atoms with Gasteiger partial charge in [0.05, 0.1) is 27.4 Å². The van der Waals surface area contributed by atoms with Gasteiger partial charge in [-0.2, -0.15) is 5.26 Å². The number of halogens is 3. The fourth-order valence-corrected chi connectivity index (χ4v) is 7.80. The Labute approximate surface area is 398 Å². The minimum Gasteiger partial charge on any atom is -1.00 e. The molecule has 0 atom stereocenters. The van der Waals surface area contributed by atoms with Crippen molar-refractivity contribution < 1.29 is 136 Å². The van der Waals surface area contributed by atoms with Crippen molar-refractivity contribution in [2.75, 3.05) is 89.8 Å². The molecular formula is C29H44Br3K2N5O7S2. The molecule has 0 radical (unpaired) electrons. The summed E-state index contributed by atoms with van der Waals surface area (Å²) in [6.45, 7) is 10.5. The largest absolute Gasteiger partial charge is 1.00 e. The van der Waals surface area contributed by atoms with Crippen molar-refractivity contribution in [1.82, 2.24) is 20.0 Å². The molecule has 12 nitrogen and oxygen atoms in total. The summed E-state index contributed by atoms with van der Waals surface area (Å²) in [6, 6.07) is 15.2. The van der Waals surface area contributed by atoms with Crippen LogP contribution in [0.25, 0.3) is 0 Å². The van der Waals surface area contributed by atoms with Crippen LogP contribution in [0.4, 0.5) is 0 Å². The van der Waals surface area contributed by atoms with E-state index in [4.69, 9.17) is 15.3 Å². The number of nitrogens with one attached hydrogen (secondary N) is 1. The predicted molar refractivity (Wildman–Crippen MR) is 190 cm³/mol. The van der Waals surface area contributed by atoms with Gasteiger partial charge in [-0.3, -0.25) is 9.69 Å². The number of rotatable bonds is 8. The van der Waals surface area contributed by atoms with Crippen molar-refractivity contribution >= 4 is 73.9 Å². The normalized spacial score (nSPS) is 14.8. The summed E-state index contributed by atoms with van der Waals surface area (Å²) in [7, 11) is -2.01. The van der Waals surface area contributed by atoms with Crippen LogP contribution >= 0.6 is 47.8 Å². The Morgan fingerprint density at radius 2 is 1.19 bits per heavy atom. The summed E-state index contributed by atoms with van der Waals surface area (Å²) in [5.41, 5.74) is 0. The molecule has 0 aliphatic carbocycles. The monoisotopic (exact) mass is 953 g/mol. The number of nitrogens with zero attached hydrogens (tertiary/aromatic N) is 4. The van der Waals surface area contributed by atoms with Crippen LogP contribution in [0.1, 0.15) is 8.35 Å². The molecule has 2 aliphatic rings. The quantitative estimate of drug-likeness (QED) is 0.0925. The van der Waals surface area contributed by atoms with Crippen LogP contribution in [0.3, 0.4) is 0 Å². The number of piperazine rings is 2. The molecule has 19 heteroatoms. The first-order valence-corrected chi connectivity index (χ1v) is 20.1. The third-order valence-electron chi connectivity index (χ3n) is 6.34. The van der Waals surface area contributed by atoms with E-state index >= 15 is 0 Å². The van der Waals surface area contributed by atoms with Gasteiger partial charge in [0.25, 0.3) is 6.47 Å². The molecule has 0 aromatic heterocycles. The number of likely N-dealkylation sites (N-methyl/N-ethyl adjacent to an activating group) is 2. The Hall–Kier alpha value is 1.81. The number of hydrogen-bond acceptors (Lipinski definition) is 12. The topological polar surface area (TPSA) is 163 Å². The number of benzene rings is 2. The van der Waals surface area contributed by atoms with Crippen LogP contribution in [-0.2, 0) is 29.4 Å². The third kappa shape index (κ3) is 26.6. The molecule has 2 heterocycles. The second-order valence-corrected chi connectivity index (χ2v) is 16.7. The van der Waals surface area contributed by atoms with Gasteiger partial charge < -0.3 is 26.7 Å². The molecule has 2 fully saturated rings. The maximum atomic E-state index is 12.2. The number of sulfone groups is 2. The zero-order valence-electron chi connectivity index (χ0n) is 29.3. The van der Waals surface area contributed by atoms with Crippen molar-refractivity contribution in [2.24, 2.45) is 0 Å². The first-order valence-electron chi connectivity index (χ1n) is 14.1. The van der Waals surface area contributed by atoms with Gasteiger partial charge in [0.1, 0.15) is 0 Å². The van der Waals surface area contributed by atoms with Gasteiger partial charge in [-0.1, -0.05) is 47.8 Å². The minimum atomic E-state index is -3.17. The van der Waals surface area contributed by atoms with Crippen molar-refractivity contribution in [3.05, 3.63) is 57.5 Å². The molecule has 4 rings (SSSR count). The van der Waals surface area contributed by atoms with Crippen LogP contribution in [-0.4, -0.2) is 128 Å². The Morgan fingerprint density at radius 3 is 1.50 bits per heavy atom. The molecule has 1 N–H and O–H groups in total. The number of nitriles is 1.